The summed E-state index contributed by atoms with van der Waals surface area (Å²) in [7, 11) is -3.78. The molecular weight excluding hydrogens is 305 g/mol. The number of benzene rings is 2. The van der Waals surface area contributed by atoms with Crippen LogP contribution in [0.15, 0.2) is 53.4 Å². The molecule has 0 bridgehead atoms. The highest BCUT2D eigenvalue weighted by molar-refractivity contribution is 7.92. The van der Waals surface area contributed by atoms with Crippen LogP contribution in [0.4, 0.5) is 10.1 Å². The molecule has 22 heavy (non-hydrogen) atoms. The van der Waals surface area contributed by atoms with Gasteiger partial charge in [0, 0.05) is 0 Å². The summed E-state index contributed by atoms with van der Waals surface area (Å²) >= 11 is 0. The van der Waals surface area contributed by atoms with Gasteiger partial charge >= 0.3 is 0 Å². The van der Waals surface area contributed by atoms with Crippen molar-refractivity contribution in [3.8, 4) is 5.75 Å². The number of rotatable bonds is 7. The van der Waals surface area contributed by atoms with Crippen LogP contribution in [-0.4, -0.2) is 15.0 Å². The van der Waals surface area contributed by atoms with Gasteiger partial charge in [0.2, 0.25) is 0 Å². The molecule has 2 rings (SSSR count). The first kappa shape index (κ1) is 16.3. The second kappa shape index (κ2) is 7.26. The fourth-order valence-electron chi connectivity index (χ4n) is 1.82. The van der Waals surface area contributed by atoms with Gasteiger partial charge in [0.05, 0.1) is 17.2 Å². The van der Waals surface area contributed by atoms with E-state index in [0.717, 1.165) is 25.0 Å². The molecule has 0 atom stereocenters. The average molecular weight is 323 g/mol. The van der Waals surface area contributed by atoms with E-state index in [1.54, 1.807) is 24.3 Å². The van der Waals surface area contributed by atoms with E-state index in [9.17, 15) is 12.8 Å². The molecule has 0 aliphatic rings. The number of anilines is 1. The minimum Gasteiger partial charge on any atom is -0.491 e. The van der Waals surface area contributed by atoms with Crippen LogP contribution in [0.5, 0.6) is 5.75 Å². The van der Waals surface area contributed by atoms with Crippen LogP contribution in [-0.2, 0) is 10.0 Å². The largest absolute Gasteiger partial charge is 0.491 e. The molecule has 0 amide bonds. The molecular formula is C16H18FNO3S. The van der Waals surface area contributed by atoms with Crippen LogP contribution >= 0.6 is 0 Å². The van der Waals surface area contributed by atoms with Gasteiger partial charge in [-0.3, -0.25) is 4.72 Å². The van der Waals surface area contributed by atoms with E-state index >= 15 is 0 Å². The van der Waals surface area contributed by atoms with Gasteiger partial charge in [-0.2, -0.15) is 0 Å². The first-order valence-corrected chi connectivity index (χ1v) is 8.51. The lowest BCUT2D eigenvalue weighted by molar-refractivity contribution is 0.311. The monoisotopic (exact) mass is 323 g/mol. The Balaban J connectivity index is 2.20. The van der Waals surface area contributed by atoms with Crippen molar-refractivity contribution in [3.63, 3.8) is 0 Å². The zero-order chi connectivity index (χ0) is 16.0. The second-order valence-electron chi connectivity index (χ2n) is 4.76. The lowest BCUT2D eigenvalue weighted by Crippen LogP contribution is -2.14. The number of ether oxygens (including phenoxy) is 1. The van der Waals surface area contributed by atoms with Gasteiger partial charge in [0.1, 0.15) is 11.6 Å². The molecule has 0 saturated carbocycles. The Labute approximate surface area is 130 Å². The Bertz CT molecular complexity index is 714. The van der Waals surface area contributed by atoms with Crippen LogP contribution in [0.3, 0.4) is 0 Å². The molecule has 2 aromatic rings. The van der Waals surface area contributed by atoms with Crippen LogP contribution in [0.25, 0.3) is 0 Å². The molecule has 4 nitrogen and oxygen atoms in total. The molecule has 0 radical (unpaired) electrons. The molecule has 0 aliphatic carbocycles. The summed E-state index contributed by atoms with van der Waals surface area (Å²) in [6, 6.07) is 11.5. The van der Waals surface area contributed by atoms with Gasteiger partial charge in [-0.1, -0.05) is 25.5 Å². The summed E-state index contributed by atoms with van der Waals surface area (Å²) in [5.74, 6) is -0.0103. The Morgan fingerprint density at radius 3 is 2.45 bits per heavy atom. The fraction of sp³-hybridized carbons (Fsp3) is 0.250. The van der Waals surface area contributed by atoms with Crippen molar-refractivity contribution in [2.75, 3.05) is 11.3 Å². The molecule has 0 saturated heterocycles. The van der Waals surface area contributed by atoms with Crippen molar-refractivity contribution in [2.24, 2.45) is 0 Å². The third kappa shape index (κ3) is 4.21. The predicted octanol–water partition coefficient (Wildman–Crippen LogP) is 3.81. The molecule has 0 fully saturated rings. The van der Waals surface area contributed by atoms with Gasteiger partial charge in [-0.05, 0) is 42.8 Å². The van der Waals surface area contributed by atoms with E-state index < -0.39 is 15.8 Å². The maximum atomic E-state index is 12.9. The minimum atomic E-state index is -3.78. The topological polar surface area (TPSA) is 55.4 Å². The van der Waals surface area contributed by atoms with Gasteiger partial charge in [0.15, 0.2) is 0 Å². The lowest BCUT2D eigenvalue weighted by atomic mass is 10.3. The van der Waals surface area contributed by atoms with E-state index in [4.69, 9.17) is 4.74 Å². The van der Waals surface area contributed by atoms with E-state index in [1.807, 2.05) is 6.92 Å². The summed E-state index contributed by atoms with van der Waals surface area (Å²) < 4.78 is 45.6. The van der Waals surface area contributed by atoms with Crippen molar-refractivity contribution in [1.82, 2.24) is 0 Å². The van der Waals surface area contributed by atoms with E-state index in [1.165, 1.54) is 12.1 Å². The maximum absolute atomic E-state index is 12.9. The molecule has 0 unspecified atom stereocenters. The number of sulfonamides is 1. The predicted molar refractivity (Wildman–Crippen MR) is 84.1 cm³/mol. The van der Waals surface area contributed by atoms with Crippen LogP contribution in [0.1, 0.15) is 19.8 Å². The standard InChI is InChI=1S/C16H18FNO3S/c1-2-3-12-21-16-7-5-4-6-15(16)18-22(19,20)14-10-8-13(17)9-11-14/h4-11,18H,2-3,12H2,1H3. The minimum absolute atomic E-state index is 0.00254. The third-order valence-corrected chi connectivity index (χ3v) is 4.39. The molecule has 0 spiro atoms. The van der Waals surface area contributed by atoms with Crippen molar-refractivity contribution >= 4 is 15.7 Å². The number of para-hydroxylation sites is 2. The van der Waals surface area contributed by atoms with Gasteiger partial charge in [-0.25, -0.2) is 12.8 Å². The van der Waals surface area contributed by atoms with E-state index in [-0.39, 0.29) is 4.90 Å². The fourth-order valence-corrected chi connectivity index (χ4v) is 2.89. The average Bonchev–Trinajstić information content (AvgIpc) is 2.49. The van der Waals surface area contributed by atoms with Crippen molar-refractivity contribution in [1.29, 1.82) is 0 Å². The third-order valence-electron chi connectivity index (χ3n) is 3.01. The summed E-state index contributed by atoms with van der Waals surface area (Å²) in [4.78, 5) is -0.00254. The first-order valence-electron chi connectivity index (χ1n) is 7.03. The Kier molecular flexibility index (Phi) is 5.38. The number of nitrogens with one attached hydrogen (secondary N) is 1. The van der Waals surface area contributed by atoms with Crippen LogP contribution < -0.4 is 9.46 Å². The maximum Gasteiger partial charge on any atom is 0.262 e. The summed E-state index contributed by atoms with van der Waals surface area (Å²) in [6.07, 6.45) is 1.88. The van der Waals surface area contributed by atoms with Gasteiger partial charge < -0.3 is 4.74 Å². The summed E-state index contributed by atoms with van der Waals surface area (Å²) in [5.41, 5.74) is 0.364. The van der Waals surface area contributed by atoms with Crippen molar-refractivity contribution < 1.29 is 17.5 Å². The number of unbranched alkanes of at least 4 members (excludes halogenated alkanes) is 1. The van der Waals surface area contributed by atoms with Crippen molar-refractivity contribution in [3.05, 3.63) is 54.3 Å². The van der Waals surface area contributed by atoms with Crippen LogP contribution in [0, 0.1) is 5.82 Å². The Morgan fingerprint density at radius 1 is 1.09 bits per heavy atom. The first-order chi connectivity index (χ1) is 10.5. The normalized spacial score (nSPS) is 11.2. The molecule has 0 aromatic heterocycles. The highest BCUT2D eigenvalue weighted by Gasteiger charge is 2.16. The number of hydrogen-bond donors (Lipinski definition) is 1. The molecule has 2 aromatic carbocycles. The second-order valence-corrected chi connectivity index (χ2v) is 6.44. The quantitative estimate of drug-likeness (QED) is 0.788. The molecule has 0 heterocycles. The number of hydrogen-bond acceptors (Lipinski definition) is 3. The van der Waals surface area contributed by atoms with E-state index in [2.05, 4.69) is 4.72 Å². The van der Waals surface area contributed by atoms with Crippen LogP contribution in [0.2, 0.25) is 0 Å². The van der Waals surface area contributed by atoms with Crippen molar-refractivity contribution in [2.45, 2.75) is 24.7 Å². The Morgan fingerprint density at radius 2 is 1.77 bits per heavy atom. The number of halogens is 1. The molecule has 0 aliphatic heterocycles. The smallest absolute Gasteiger partial charge is 0.262 e. The van der Waals surface area contributed by atoms with Gasteiger partial charge in [-0.15, -0.1) is 0 Å². The zero-order valence-corrected chi connectivity index (χ0v) is 13.1. The van der Waals surface area contributed by atoms with Gasteiger partial charge in [0.25, 0.3) is 10.0 Å². The molecule has 1 N–H and O–H groups in total. The van der Waals surface area contributed by atoms with E-state index in [0.29, 0.717) is 18.0 Å². The highest BCUT2D eigenvalue weighted by atomic mass is 32.2. The Hall–Kier alpha value is -2.08. The highest BCUT2D eigenvalue weighted by Crippen LogP contribution is 2.26. The zero-order valence-electron chi connectivity index (χ0n) is 12.3. The lowest BCUT2D eigenvalue weighted by Gasteiger charge is -2.13. The summed E-state index contributed by atoms with van der Waals surface area (Å²) in [5, 5.41) is 0. The molecule has 6 heteroatoms. The molecule has 118 valence electrons. The SMILES string of the molecule is CCCCOc1ccccc1NS(=O)(=O)c1ccc(F)cc1. The summed E-state index contributed by atoms with van der Waals surface area (Å²) in [6.45, 7) is 2.57.